The number of phenolic OH excluding ortho intramolecular Hbond substituents is 1. The number of nitrogens with zero attached hydrogens (tertiary/aromatic N) is 1. The molecule has 0 unspecified atom stereocenters. The molecule has 0 aliphatic rings. The van der Waals surface area contributed by atoms with Crippen molar-refractivity contribution in [1.29, 1.82) is 0 Å². The maximum absolute atomic E-state index is 12.0. The number of thiophene rings is 1. The Hall–Kier alpha value is -1.85. The average molecular weight is 290 g/mol. The molecule has 0 radical (unpaired) electrons. The van der Waals surface area contributed by atoms with Crippen LogP contribution in [0.15, 0.2) is 35.7 Å². The van der Waals surface area contributed by atoms with Crippen LogP contribution in [0.4, 0.5) is 5.69 Å². The molecule has 0 aliphatic carbocycles. The molecule has 1 aromatic heterocycles. The molecule has 0 spiro atoms. The second kappa shape index (κ2) is 6.54. The molecular formula is C15H18N2O2S. The highest BCUT2D eigenvalue weighted by Gasteiger charge is 2.09. The van der Waals surface area contributed by atoms with E-state index in [9.17, 15) is 9.90 Å². The number of rotatable bonds is 5. The fourth-order valence-corrected chi connectivity index (χ4v) is 2.73. The van der Waals surface area contributed by atoms with Gasteiger partial charge in [-0.25, -0.2) is 0 Å². The molecule has 0 saturated heterocycles. The van der Waals surface area contributed by atoms with Crippen molar-refractivity contribution >= 4 is 22.9 Å². The summed E-state index contributed by atoms with van der Waals surface area (Å²) in [4.78, 5) is 15.2. The van der Waals surface area contributed by atoms with Gasteiger partial charge in [-0.05, 0) is 49.2 Å². The second-order valence-corrected chi connectivity index (χ2v) is 5.83. The Labute approximate surface area is 122 Å². The maximum Gasteiger partial charge on any atom is 0.238 e. The van der Waals surface area contributed by atoms with Crippen LogP contribution >= 0.6 is 11.3 Å². The van der Waals surface area contributed by atoms with E-state index in [4.69, 9.17) is 0 Å². The van der Waals surface area contributed by atoms with Gasteiger partial charge in [-0.2, -0.15) is 0 Å². The molecule has 106 valence electrons. The van der Waals surface area contributed by atoms with E-state index in [2.05, 4.69) is 11.4 Å². The van der Waals surface area contributed by atoms with Gasteiger partial charge in [-0.1, -0.05) is 6.07 Å². The zero-order valence-corrected chi connectivity index (χ0v) is 12.4. The van der Waals surface area contributed by atoms with Crippen molar-refractivity contribution in [3.63, 3.8) is 0 Å². The van der Waals surface area contributed by atoms with Gasteiger partial charge in [0.15, 0.2) is 0 Å². The minimum Gasteiger partial charge on any atom is -0.508 e. The van der Waals surface area contributed by atoms with Gasteiger partial charge < -0.3 is 10.4 Å². The zero-order valence-electron chi connectivity index (χ0n) is 11.6. The number of carbonyl (C=O) groups is 1. The fraction of sp³-hybridized carbons (Fsp3) is 0.267. The number of anilines is 1. The maximum atomic E-state index is 12.0. The van der Waals surface area contributed by atoms with E-state index in [1.165, 1.54) is 4.88 Å². The molecule has 0 saturated carbocycles. The van der Waals surface area contributed by atoms with Crippen molar-refractivity contribution < 1.29 is 9.90 Å². The summed E-state index contributed by atoms with van der Waals surface area (Å²) >= 11 is 1.69. The molecule has 2 aromatic rings. The molecule has 1 aromatic carbocycles. The molecule has 0 bridgehead atoms. The monoisotopic (exact) mass is 290 g/mol. The Morgan fingerprint density at radius 2 is 2.20 bits per heavy atom. The number of phenols is 1. The van der Waals surface area contributed by atoms with E-state index in [1.807, 2.05) is 30.3 Å². The first-order valence-corrected chi connectivity index (χ1v) is 7.23. The predicted molar refractivity (Wildman–Crippen MR) is 82.1 cm³/mol. The van der Waals surface area contributed by atoms with Gasteiger partial charge in [0, 0.05) is 17.1 Å². The van der Waals surface area contributed by atoms with Crippen LogP contribution in [0.5, 0.6) is 5.75 Å². The lowest BCUT2D eigenvalue weighted by atomic mass is 10.2. The first kappa shape index (κ1) is 14.6. The summed E-state index contributed by atoms with van der Waals surface area (Å²) in [7, 11) is 1.92. The topological polar surface area (TPSA) is 52.6 Å². The third-order valence-corrected chi connectivity index (χ3v) is 3.76. The van der Waals surface area contributed by atoms with Crippen LogP contribution in [0.1, 0.15) is 10.4 Å². The van der Waals surface area contributed by atoms with Gasteiger partial charge in [0.25, 0.3) is 0 Å². The lowest BCUT2D eigenvalue weighted by Gasteiger charge is -2.16. The van der Waals surface area contributed by atoms with Gasteiger partial charge in [0.2, 0.25) is 5.91 Å². The number of likely N-dealkylation sites (N-methyl/N-ethyl adjacent to an activating group) is 1. The van der Waals surface area contributed by atoms with Gasteiger partial charge in [-0.3, -0.25) is 9.69 Å². The van der Waals surface area contributed by atoms with Crippen molar-refractivity contribution in [2.24, 2.45) is 0 Å². The lowest BCUT2D eigenvalue weighted by Crippen LogP contribution is -2.29. The van der Waals surface area contributed by atoms with E-state index in [-0.39, 0.29) is 11.7 Å². The number of carbonyl (C=O) groups excluding carboxylic acids is 1. The molecule has 5 heteroatoms. The summed E-state index contributed by atoms with van der Waals surface area (Å²) < 4.78 is 0. The van der Waals surface area contributed by atoms with Crippen LogP contribution in [0, 0.1) is 6.92 Å². The Morgan fingerprint density at radius 3 is 2.85 bits per heavy atom. The minimum absolute atomic E-state index is 0.0576. The Balaban J connectivity index is 1.88. The first-order valence-electron chi connectivity index (χ1n) is 6.35. The summed E-state index contributed by atoms with van der Waals surface area (Å²) in [6.07, 6.45) is 0. The largest absolute Gasteiger partial charge is 0.508 e. The van der Waals surface area contributed by atoms with Crippen molar-refractivity contribution in [2.75, 3.05) is 18.9 Å². The number of aryl methyl sites for hydroxylation is 1. The summed E-state index contributed by atoms with van der Waals surface area (Å²) in [5.41, 5.74) is 1.58. The lowest BCUT2D eigenvalue weighted by molar-refractivity contribution is -0.117. The minimum atomic E-state index is -0.0576. The Bertz CT molecular complexity index is 582. The molecule has 2 N–H and O–H groups in total. The molecule has 4 nitrogen and oxygen atoms in total. The number of amides is 1. The van der Waals surface area contributed by atoms with Gasteiger partial charge in [-0.15, -0.1) is 11.3 Å². The predicted octanol–water partition coefficient (Wildman–Crippen LogP) is 2.83. The summed E-state index contributed by atoms with van der Waals surface area (Å²) in [6, 6.07) is 8.97. The normalized spacial score (nSPS) is 10.8. The number of hydrogen-bond donors (Lipinski definition) is 2. The van der Waals surface area contributed by atoms with E-state index in [1.54, 1.807) is 29.5 Å². The molecule has 0 aliphatic heterocycles. The number of nitrogens with one attached hydrogen (secondary N) is 1. The van der Waals surface area contributed by atoms with Crippen LogP contribution < -0.4 is 5.32 Å². The van der Waals surface area contributed by atoms with Crippen molar-refractivity contribution in [3.05, 3.63) is 46.2 Å². The zero-order chi connectivity index (χ0) is 14.5. The quantitative estimate of drug-likeness (QED) is 0.833. The molecule has 0 fully saturated rings. The average Bonchev–Trinajstić information content (AvgIpc) is 2.85. The van der Waals surface area contributed by atoms with Crippen LogP contribution in [0.25, 0.3) is 0 Å². The molecule has 20 heavy (non-hydrogen) atoms. The smallest absolute Gasteiger partial charge is 0.238 e. The molecule has 2 rings (SSSR count). The summed E-state index contributed by atoms with van der Waals surface area (Å²) in [5, 5.41) is 14.2. The summed E-state index contributed by atoms with van der Waals surface area (Å²) in [5.74, 6) is 0.146. The van der Waals surface area contributed by atoms with E-state index in [0.717, 1.165) is 17.8 Å². The molecule has 1 heterocycles. The molecule has 0 atom stereocenters. The summed E-state index contributed by atoms with van der Waals surface area (Å²) in [6.45, 7) is 2.95. The van der Waals surface area contributed by atoms with E-state index >= 15 is 0 Å². The van der Waals surface area contributed by atoms with Crippen LogP contribution in [-0.4, -0.2) is 29.5 Å². The van der Waals surface area contributed by atoms with Crippen LogP contribution in [0.3, 0.4) is 0 Å². The Kier molecular flexibility index (Phi) is 4.76. The number of hydrogen-bond acceptors (Lipinski definition) is 4. The van der Waals surface area contributed by atoms with E-state index in [0.29, 0.717) is 6.54 Å². The Morgan fingerprint density at radius 1 is 1.40 bits per heavy atom. The number of benzene rings is 1. The van der Waals surface area contributed by atoms with Crippen molar-refractivity contribution in [2.45, 2.75) is 13.5 Å². The van der Waals surface area contributed by atoms with Crippen LogP contribution in [-0.2, 0) is 11.3 Å². The second-order valence-electron chi connectivity index (χ2n) is 4.80. The number of aromatic hydroxyl groups is 1. The third kappa shape index (κ3) is 4.08. The highest BCUT2D eigenvalue weighted by Crippen LogP contribution is 2.20. The molecule has 1 amide bonds. The highest BCUT2D eigenvalue weighted by atomic mass is 32.1. The van der Waals surface area contributed by atoms with Gasteiger partial charge >= 0.3 is 0 Å². The third-order valence-electron chi connectivity index (χ3n) is 2.90. The van der Waals surface area contributed by atoms with Crippen molar-refractivity contribution in [3.8, 4) is 5.75 Å². The highest BCUT2D eigenvalue weighted by molar-refractivity contribution is 7.09. The SMILES string of the molecule is Cc1cc(O)ccc1NC(=O)CN(C)Cc1cccs1. The van der Waals surface area contributed by atoms with Crippen molar-refractivity contribution in [1.82, 2.24) is 4.90 Å². The standard InChI is InChI=1S/C15H18N2O2S/c1-11-8-12(18)5-6-14(11)16-15(19)10-17(2)9-13-4-3-7-20-13/h3-8,18H,9-10H2,1-2H3,(H,16,19). The van der Waals surface area contributed by atoms with E-state index < -0.39 is 0 Å². The first-order chi connectivity index (χ1) is 9.54. The van der Waals surface area contributed by atoms with Gasteiger partial charge in [0.1, 0.15) is 5.75 Å². The van der Waals surface area contributed by atoms with Crippen LogP contribution in [0.2, 0.25) is 0 Å². The molecular weight excluding hydrogens is 272 g/mol. The van der Waals surface area contributed by atoms with Gasteiger partial charge in [0.05, 0.1) is 6.54 Å². The fourth-order valence-electron chi connectivity index (χ4n) is 1.95.